The summed E-state index contributed by atoms with van der Waals surface area (Å²) in [6.07, 6.45) is 70.8. The minimum absolute atomic E-state index is 0.0874. The van der Waals surface area contributed by atoms with Gasteiger partial charge in [-0.1, -0.05) is 193 Å². The molecule has 0 saturated heterocycles. The summed E-state index contributed by atoms with van der Waals surface area (Å²) in [6.45, 7) is 4.62. The number of esters is 1. The zero-order chi connectivity index (χ0) is 46.5. The molecular weight excluding hydrogens is 818 g/mol. The monoisotopic (exact) mass is 910 g/mol. The summed E-state index contributed by atoms with van der Waals surface area (Å²) in [7, 11) is -4.30. The van der Waals surface area contributed by atoms with E-state index in [9.17, 15) is 14.3 Å². The minimum atomic E-state index is -4.30. The summed E-state index contributed by atoms with van der Waals surface area (Å²) in [5, 5.41) is 0. The predicted molar refractivity (Wildman–Crippen MR) is 274 cm³/mol. The van der Waals surface area contributed by atoms with Crippen molar-refractivity contribution in [3.05, 3.63) is 122 Å². The van der Waals surface area contributed by atoms with Gasteiger partial charge in [0.15, 0.2) is 0 Å². The number of phosphoric ester groups is 1. The molecule has 64 heavy (non-hydrogen) atoms. The number of ether oxygens (including phenoxy) is 2. The molecule has 0 aromatic heterocycles. The number of hydrogen-bond donors (Lipinski definition) is 2. The van der Waals surface area contributed by atoms with Gasteiger partial charge in [0, 0.05) is 19.6 Å². The molecule has 2 atom stereocenters. The number of carbonyl (C=O) groups excluding carboxylic acids is 1. The molecule has 0 aromatic rings. The normalized spacial score (nSPS) is 14.4. The first kappa shape index (κ1) is 60.9. The number of phosphoric acid groups is 1. The fourth-order valence-corrected chi connectivity index (χ4v) is 7.05. The first-order valence-electron chi connectivity index (χ1n) is 25.0. The van der Waals surface area contributed by atoms with E-state index in [-0.39, 0.29) is 38.8 Å². The van der Waals surface area contributed by atoms with E-state index in [0.717, 1.165) is 116 Å². The second-order valence-corrected chi connectivity index (χ2v) is 17.4. The number of carbonyl (C=O) groups is 1. The Morgan fingerprint density at radius 1 is 0.469 bits per heavy atom. The molecule has 0 bridgehead atoms. The largest absolute Gasteiger partial charge is 0.472 e. The molecule has 0 radical (unpaired) electrons. The third kappa shape index (κ3) is 49.9. The van der Waals surface area contributed by atoms with Gasteiger partial charge in [-0.2, -0.15) is 0 Å². The van der Waals surface area contributed by atoms with E-state index in [1.54, 1.807) is 0 Å². The van der Waals surface area contributed by atoms with Crippen LogP contribution in [0.15, 0.2) is 122 Å². The van der Waals surface area contributed by atoms with Crippen molar-refractivity contribution in [3.63, 3.8) is 0 Å². The van der Waals surface area contributed by atoms with Gasteiger partial charge in [0.05, 0.1) is 19.8 Å². The molecular formula is C55H92NO7P. The number of nitrogens with two attached hydrogens (primary N) is 1. The van der Waals surface area contributed by atoms with Crippen molar-refractivity contribution >= 4 is 13.8 Å². The molecule has 0 spiro atoms. The fourth-order valence-electron chi connectivity index (χ4n) is 6.28. The summed E-state index contributed by atoms with van der Waals surface area (Å²) in [5.74, 6) is -0.362. The average Bonchev–Trinajstić information content (AvgIpc) is 3.29. The van der Waals surface area contributed by atoms with Gasteiger partial charge in [0.2, 0.25) is 0 Å². The Balaban J connectivity index is 4.07. The third-order valence-electron chi connectivity index (χ3n) is 9.87. The van der Waals surface area contributed by atoms with Gasteiger partial charge in [-0.15, -0.1) is 0 Å². The first-order chi connectivity index (χ1) is 31.4. The Bertz CT molecular complexity index is 1390. The minimum Gasteiger partial charge on any atom is -0.457 e. The molecule has 0 rings (SSSR count). The highest BCUT2D eigenvalue weighted by Gasteiger charge is 2.25. The second-order valence-electron chi connectivity index (χ2n) is 15.9. The lowest BCUT2D eigenvalue weighted by Gasteiger charge is -2.20. The standard InChI is InChI=1S/C55H92NO7P/c1-3-5-7-9-11-13-15-17-19-21-23-25-27-28-30-32-34-36-38-40-42-44-46-48-55(57)63-54(53-62-64(58,59)61-51-49-56)52-60-50-47-45-43-41-39-37-35-33-31-29-26-24-22-20-18-16-14-12-10-8-6-4-2/h5-8,11-14,17-20,23-26,28,30,34,36,54H,3-4,9-10,15-16,21-22,27,29,31-33,35,37-53,56H2,1-2H3,(H,58,59)/b7-5-,8-6-,13-11-,14-12-,19-17-,20-18-,25-23-,26-24-,30-28-,36-34-. The van der Waals surface area contributed by atoms with Crippen LogP contribution in [0.4, 0.5) is 0 Å². The van der Waals surface area contributed by atoms with Crippen LogP contribution in [-0.2, 0) is 27.9 Å². The lowest BCUT2D eigenvalue weighted by atomic mass is 10.1. The van der Waals surface area contributed by atoms with Crippen LogP contribution in [0.3, 0.4) is 0 Å². The number of hydrogen-bond acceptors (Lipinski definition) is 7. The van der Waals surface area contributed by atoms with Crippen molar-refractivity contribution in [2.24, 2.45) is 5.73 Å². The zero-order valence-corrected chi connectivity index (χ0v) is 41.4. The Kier molecular flexibility index (Phi) is 48.4. The lowest BCUT2D eigenvalue weighted by molar-refractivity contribution is -0.154. The molecule has 8 nitrogen and oxygen atoms in total. The van der Waals surface area contributed by atoms with Crippen LogP contribution in [0.5, 0.6) is 0 Å². The molecule has 0 aliphatic heterocycles. The van der Waals surface area contributed by atoms with Crippen molar-refractivity contribution in [1.29, 1.82) is 0 Å². The van der Waals surface area contributed by atoms with E-state index < -0.39 is 13.9 Å². The van der Waals surface area contributed by atoms with Gasteiger partial charge >= 0.3 is 13.8 Å². The SMILES string of the molecule is CC/C=C\C/C=C\C/C=C\C/C=C\C/C=C\C/C=C\CCCCCCC(=O)OC(COCCCCCCCCCCC/C=C\C/C=C\C/C=C\C/C=C\CC)COP(=O)(O)OCCN. The van der Waals surface area contributed by atoms with E-state index in [1.807, 2.05) is 0 Å². The third-order valence-corrected chi connectivity index (χ3v) is 10.9. The van der Waals surface area contributed by atoms with E-state index in [2.05, 4.69) is 135 Å². The topological polar surface area (TPSA) is 117 Å². The second kappa shape index (κ2) is 50.9. The van der Waals surface area contributed by atoms with Crippen LogP contribution < -0.4 is 5.73 Å². The summed E-state index contributed by atoms with van der Waals surface area (Å²) in [5.41, 5.74) is 5.39. The Morgan fingerprint density at radius 3 is 1.23 bits per heavy atom. The van der Waals surface area contributed by atoms with Gasteiger partial charge in [-0.25, -0.2) is 4.57 Å². The average molecular weight is 910 g/mol. The Labute approximate surface area is 392 Å². The van der Waals surface area contributed by atoms with E-state index >= 15 is 0 Å². The van der Waals surface area contributed by atoms with Gasteiger partial charge in [0.1, 0.15) is 6.10 Å². The number of allylic oxidation sites excluding steroid dienone is 20. The summed E-state index contributed by atoms with van der Waals surface area (Å²) in [6, 6.07) is 0. The van der Waals surface area contributed by atoms with Crippen molar-refractivity contribution in [3.8, 4) is 0 Å². The molecule has 2 unspecified atom stereocenters. The Morgan fingerprint density at radius 2 is 0.828 bits per heavy atom. The van der Waals surface area contributed by atoms with Gasteiger partial charge in [-0.3, -0.25) is 13.8 Å². The summed E-state index contributed by atoms with van der Waals surface area (Å²) in [4.78, 5) is 22.6. The first-order valence-corrected chi connectivity index (χ1v) is 26.5. The van der Waals surface area contributed by atoms with Gasteiger partial charge in [-0.05, 0) is 103 Å². The van der Waals surface area contributed by atoms with Crippen LogP contribution in [0.25, 0.3) is 0 Å². The summed E-state index contributed by atoms with van der Waals surface area (Å²) >= 11 is 0. The maximum Gasteiger partial charge on any atom is 0.472 e. The molecule has 0 aliphatic carbocycles. The quantitative estimate of drug-likeness (QED) is 0.0268. The van der Waals surface area contributed by atoms with Crippen molar-refractivity contribution < 1.29 is 32.8 Å². The molecule has 0 aliphatic rings. The maximum atomic E-state index is 12.7. The molecule has 0 fully saturated rings. The smallest absolute Gasteiger partial charge is 0.457 e. The van der Waals surface area contributed by atoms with E-state index in [0.29, 0.717) is 6.61 Å². The fraction of sp³-hybridized carbons (Fsp3) is 0.618. The number of unbranched alkanes of at least 4 members (excludes halogenated alkanes) is 13. The molecule has 9 heteroatoms. The maximum absolute atomic E-state index is 12.7. The molecule has 0 aromatic carbocycles. The van der Waals surface area contributed by atoms with Crippen molar-refractivity contribution in [1.82, 2.24) is 0 Å². The molecule has 0 saturated carbocycles. The van der Waals surface area contributed by atoms with Gasteiger partial charge in [0.25, 0.3) is 0 Å². The van der Waals surface area contributed by atoms with Crippen LogP contribution in [0.2, 0.25) is 0 Å². The highest BCUT2D eigenvalue weighted by molar-refractivity contribution is 7.47. The highest BCUT2D eigenvalue weighted by Crippen LogP contribution is 2.43. The number of rotatable bonds is 46. The molecule has 0 heterocycles. The van der Waals surface area contributed by atoms with Crippen molar-refractivity contribution in [2.75, 3.05) is 33.0 Å². The highest BCUT2D eigenvalue weighted by atomic mass is 31.2. The van der Waals surface area contributed by atoms with Crippen molar-refractivity contribution in [2.45, 2.75) is 187 Å². The van der Waals surface area contributed by atoms with Crippen LogP contribution in [-0.4, -0.2) is 49.9 Å². The van der Waals surface area contributed by atoms with Crippen LogP contribution in [0, 0.1) is 0 Å². The Hall–Kier alpha value is -3.10. The van der Waals surface area contributed by atoms with E-state index in [1.165, 1.54) is 44.9 Å². The van der Waals surface area contributed by atoms with E-state index in [4.69, 9.17) is 24.3 Å². The summed E-state index contributed by atoms with van der Waals surface area (Å²) < 4.78 is 33.6. The molecule has 364 valence electrons. The molecule has 0 amide bonds. The predicted octanol–water partition coefficient (Wildman–Crippen LogP) is 15.8. The lowest BCUT2D eigenvalue weighted by Crippen LogP contribution is -2.28. The van der Waals surface area contributed by atoms with Crippen LogP contribution >= 0.6 is 7.82 Å². The van der Waals surface area contributed by atoms with Crippen LogP contribution in [0.1, 0.15) is 181 Å². The molecule has 3 N–H and O–H groups in total. The zero-order valence-electron chi connectivity index (χ0n) is 40.5. The van der Waals surface area contributed by atoms with Gasteiger partial charge < -0.3 is 20.1 Å².